The first-order valence-corrected chi connectivity index (χ1v) is 7.26. The van der Waals surface area contributed by atoms with Gasteiger partial charge in [-0.15, -0.1) is 0 Å². The molecule has 0 bridgehead atoms. The summed E-state index contributed by atoms with van der Waals surface area (Å²) in [6.07, 6.45) is 0. The van der Waals surface area contributed by atoms with Gasteiger partial charge >= 0.3 is 0 Å². The van der Waals surface area contributed by atoms with E-state index in [9.17, 15) is 0 Å². The first kappa shape index (κ1) is 13.6. The Morgan fingerprint density at radius 3 is 2.29 bits per heavy atom. The van der Waals surface area contributed by atoms with Crippen LogP contribution in [0.3, 0.4) is 0 Å². The number of fused-ring (bicyclic) bond motifs is 1. The molecule has 1 N–H and O–H groups in total. The lowest BCUT2D eigenvalue weighted by Crippen LogP contribution is -2.10. The summed E-state index contributed by atoms with van der Waals surface area (Å²) < 4.78 is 0. The molecule has 0 aliphatic carbocycles. The summed E-state index contributed by atoms with van der Waals surface area (Å²) in [5.74, 6) is 0.875. The van der Waals surface area contributed by atoms with Crippen LogP contribution in [-0.2, 0) is 5.41 Å². The number of pyridine rings is 1. The number of aromatic nitrogens is 1. The van der Waals surface area contributed by atoms with Crippen molar-refractivity contribution in [1.82, 2.24) is 4.98 Å². The molecule has 0 amide bonds. The number of para-hydroxylation sites is 1. The number of anilines is 2. The topological polar surface area (TPSA) is 24.9 Å². The van der Waals surface area contributed by atoms with Gasteiger partial charge in [-0.2, -0.15) is 0 Å². The average molecular weight is 276 g/mol. The average Bonchev–Trinajstić information content (AvgIpc) is 2.46. The molecule has 2 nitrogen and oxygen atoms in total. The molecule has 0 aliphatic rings. The van der Waals surface area contributed by atoms with Gasteiger partial charge in [0.05, 0.1) is 5.52 Å². The molecule has 0 spiro atoms. The van der Waals surface area contributed by atoms with Crippen LogP contribution in [0.1, 0.15) is 26.3 Å². The quantitative estimate of drug-likeness (QED) is 0.689. The van der Waals surface area contributed by atoms with Crippen molar-refractivity contribution in [2.45, 2.75) is 26.2 Å². The highest BCUT2D eigenvalue weighted by Gasteiger charge is 2.14. The SMILES string of the molecule is CC(C)(C)c1ccc2ccc(Nc3ccccc3)nc2c1. The van der Waals surface area contributed by atoms with Crippen molar-refractivity contribution in [2.24, 2.45) is 0 Å². The lowest BCUT2D eigenvalue weighted by molar-refractivity contribution is 0.591. The highest BCUT2D eigenvalue weighted by molar-refractivity contribution is 5.81. The van der Waals surface area contributed by atoms with Crippen LogP contribution in [0.5, 0.6) is 0 Å². The third-order valence-corrected chi connectivity index (χ3v) is 3.60. The van der Waals surface area contributed by atoms with Gasteiger partial charge < -0.3 is 5.32 Å². The van der Waals surface area contributed by atoms with Crippen LogP contribution in [0.2, 0.25) is 0 Å². The summed E-state index contributed by atoms with van der Waals surface area (Å²) >= 11 is 0. The van der Waals surface area contributed by atoms with E-state index in [2.05, 4.69) is 50.4 Å². The van der Waals surface area contributed by atoms with Gasteiger partial charge in [-0.05, 0) is 41.3 Å². The fourth-order valence-corrected chi connectivity index (χ4v) is 2.32. The number of benzene rings is 2. The third-order valence-electron chi connectivity index (χ3n) is 3.60. The maximum atomic E-state index is 4.73. The molecule has 0 saturated carbocycles. The minimum absolute atomic E-state index is 0.138. The van der Waals surface area contributed by atoms with Crippen molar-refractivity contribution in [3.63, 3.8) is 0 Å². The molecule has 0 aliphatic heterocycles. The molecule has 0 fully saturated rings. The van der Waals surface area contributed by atoms with Crippen LogP contribution >= 0.6 is 0 Å². The summed E-state index contributed by atoms with van der Waals surface area (Å²) in [5, 5.41) is 4.51. The summed E-state index contributed by atoms with van der Waals surface area (Å²) in [5.41, 5.74) is 3.53. The molecular weight excluding hydrogens is 256 g/mol. The van der Waals surface area contributed by atoms with E-state index in [1.807, 2.05) is 36.4 Å². The van der Waals surface area contributed by atoms with Gasteiger partial charge in [-0.1, -0.05) is 51.1 Å². The van der Waals surface area contributed by atoms with E-state index < -0.39 is 0 Å². The zero-order chi connectivity index (χ0) is 14.9. The summed E-state index contributed by atoms with van der Waals surface area (Å²) in [4.78, 5) is 4.73. The Morgan fingerprint density at radius 1 is 0.857 bits per heavy atom. The Hall–Kier alpha value is -2.35. The zero-order valence-electron chi connectivity index (χ0n) is 12.7. The molecular formula is C19H20N2. The molecule has 21 heavy (non-hydrogen) atoms. The normalized spacial score (nSPS) is 11.6. The second kappa shape index (κ2) is 5.21. The molecule has 3 rings (SSSR count). The van der Waals surface area contributed by atoms with Crippen LogP contribution in [0.15, 0.2) is 60.7 Å². The second-order valence-electron chi connectivity index (χ2n) is 6.34. The number of nitrogens with zero attached hydrogens (tertiary/aromatic N) is 1. The number of hydrogen-bond donors (Lipinski definition) is 1. The smallest absolute Gasteiger partial charge is 0.131 e. The second-order valence-corrected chi connectivity index (χ2v) is 6.34. The first-order chi connectivity index (χ1) is 10.0. The first-order valence-electron chi connectivity index (χ1n) is 7.26. The molecule has 3 aromatic rings. The molecule has 0 unspecified atom stereocenters. The van der Waals surface area contributed by atoms with Gasteiger partial charge in [0, 0.05) is 11.1 Å². The highest BCUT2D eigenvalue weighted by atomic mass is 15.0. The van der Waals surface area contributed by atoms with Gasteiger partial charge in [0.2, 0.25) is 0 Å². The van der Waals surface area contributed by atoms with E-state index >= 15 is 0 Å². The van der Waals surface area contributed by atoms with Gasteiger partial charge in [0.25, 0.3) is 0 Å². The minimum atomic E-state index is 0.138. The Labute approximate surface area is 125 Å². The number of rotatable bonds is 2. The molecule has 106 valence electrons. The van der Waals surface area contributed by atoms with Crippen LogP contribution in [-0.4, -0.2) is 4.98 Å². The predicted octanol–water partition coefficient (Wildman–Crippen LogP) is 5.28. The van der Waals surface area contributed by atoms with Crippen molar-refractivity contribution >= 4 is 22.4 Å². The number of hydrogen-bond acceptors (Lipinski definition) is 2. The fourth-order valence-electron chi connectivity index (χ4n) is 2.32. The monoisotopic (exact) mass is 276 g/mol. The Morgan fingerprint density at radius 2 is 1.57 bits per heavy atom. The van der Waals surface area contributed by atoms with Crippen molar-refractivity contribution in [3.05, 3.63) is 66.2 Å². The lowest BCUT2D eigenvalue weighted by atomic mass is 9.86. The predicted molar refractivity (Wildman–Crippen MR) is 90.2 cm³/mol. The van der Waals surface area contributed by atoms with E-state index in [1.54, 1.807) is 0 Å². The molecule has 2 heteroatoms. The van der Waals surface area contributed by atoms with Crippen LogP contribution in [0.4, 0.5) is 11.5 Å². The van der Waals surface area contributed by atoms with Crippen LogP contribution in [0, 0.1) is 0 Å². The Kier molecular flexibility index (Phi) is 3.38. The van der Waals surface area contributed by atoms with E-state index in [0.717, 1.165) is 17.0 Å². The summed E-state index contributed by atoms with van der Waals surface area (Å²) in [6.45, 7) is 6.67. The summed E-state index contributed by atoms with van der Waals surface area (Å²) in [6, 6.07) is 20.8. The van der Waals surface area contributed by atoms with Gasteiger partial charge in [0.1, 0.15) is 5.82 Å². The fraction of sp³-hybridized carbons (Fsp3) is 0.211. The molecule has 0 atom stereocenters. The molecule has 0 radical (unpaired) electrons. The van der Waals surface area contributed by atoms with E-state index in [1.165, 1.54) is 10.9 Å². The maximum Gasteiger partial charge on any atom is 0.131 e. The van der Waals surface area contributed by atoms with Crippen molar-refractivity contribution in [3.8, 4) is 0 Å². The third kappa shape index (κ3) is 3.05. The molecule has 1 aromatic heterocycles. The standard InChI is InChI=1S/C19H20N2/c1-19(2,3)15-11-9-14-10-12-18(21-17(14)13-15)20-16-7-5-4-6-8-16/h4-13H,1-3H3,(H,20,21). The maximum absolute atomic E-state index is 4.73. The zero-order valence-corrected chi connectivity index (χ0v) is 12.7. The van der Waals surface area contributed by atoms with Crippen LogP contribution in [0.25, 0.3) is 10.9 Å². The molecule has 0 saturated heterocycles. The van der Waals surface area contributed by atoms with Gasteiger partial charge in [0.15, 0.2) is 0 Å². The summed E-state index contributed by atoms with van der Waals surface area (Å²) in [7, 11) is 0. The molecule has 1 heterocycles. The van der Waals surface area contributed by atoms with Gasteiger partial charge in [-0.3, -0.25) is 0 Å². The van der Waals surface area contributed by atoms with Gasteiger partial charge in [-0.25, -0.2) is 4.98 Å². The van der Waals surface area contributed by atoms with E-state index in [4.69, 9.17) is 4.98 Å². The van der Waals surface area contributed by atoms with Crippen molar-refractivity contribution in [2.75, 3.05) is 5.32 Å². The van der Waals surface area contributed by atoms with Crippen molar-refractivity contribution in [1.29, 1.82) is 0 Å². The Balaban J connectivity index is 1.98. The van der Waals surface area contributed by atoms with Crippen molar-refractivity contribution < 1.29 is 0 Å². The minimum Gasteiger partial charge on any atom is -0.340 e. The van der Waals surface area contributed by atoms with E-state index in [-0.39, 0.29) is 5.41 Å². The number of nitrogens with one attached hydrogen (secondary N) is 1. The van der Waals surface area contributed by atoms with Crippen LogP contribution < -0.4 is 5.32 Å². The Bertz CT molecular complexity index is 755. The highest BCUT2D eigenvalue weighted by Crippen LogP contribution is 2.26. The largest absolute Gasteiger partial charge is 0.340 e. The molecule has 2 aromatic carbocycles. The lowest BCUT2D eigenvalue weighted by Gasteiger charge is -2.19. The van der Waals surface area contributed by atoms with E-state index in [0.29, 0.717) is 0 Å².